The Morgan fingerprint density at radius 1 is 1.06 bits per heavy atom. The Bertz CT molecular complexity index is 571. The topological polar surface area (TPSA) is 57.5 Å². The summed E-state index contributed by atoms with van der Waals surface area (Å²) in [6.45, 7) is 1.98. The smallest absolute Gasteiger partial charge is 0.335 e. The van der Waals surface area contributed by atoms with E-state index >= 15 is 0 Å². The molecule has 0 radical (unpaired) electrons. The minimum absolute atomic E-state index is 0.0318. The number of hydrogen-bond acceptors (Lipinski definition) is 2. The lowest BCUT2D eigenvalue weighted by Crippen LogP contribution is -1.95. The van der Waals surface area contributed by atoms with Crippen molar-refractivity contribution in [1.82, 2.24) is 0 Å². The summed E-state index contributed by atoms with van der Waals surface area (Å²) >= 11 is 0. The molecule has 0 fully saturated rings. The molecule has 0 aromatic heterocycles. The van der Waals surface area contributed by atoms with Crippen molar-refractivity contribution in [2.24, 2.45) is 0 Å². The molecule has 0 heterocycles. The van der Waals surface area contributed by atoms with Crippen LogP contribution >= 0.6 is 0 Å². The maximum Gasteiger partial charge on any atom is 0.335 e. The number of carboxylic acid groups (broad SMARTS) is 1. The van der Waals surface area contributed by atoms with Crippen molar-refractivity contribution in [3.8, 4) is 11.1 Å². The highest BCUT2D eigenvalue weighted by Crippen LogP contribution is 2.22. The van der Waals surface area contributed by atoms with Crippen molar-refractivity contribution < 1.29 is 15.0 Å². The average Bonchev–Trinajstić information content (AvgIpc) is 2.38. The summed E-state index contributed by atoms with van der Waals surface area (Å²) in [6.07, 6.45) is 0. The van der Waals surface area contributed by atoms with Gasteiger partial charge in [-0.2, -0.15) is 0 Å². The van der Waals surface area contributed by atoms with Crippen LogP contribution in [-0.4, -0.2) is 16.2 Å². The van der Waals surface area contributed by atoms with Crippen LogP contribution in [0.15, 0.2) is 42.5 Å². The van der Waals surface area contributed by atoms with Crippen molar-refractivity contribution in [3.63, 3.8) is 0 Å². The number of hydrogen-bond donors (Lipinski definition) is 2. The summed E-state index contributed by atoms with van der Waals surface area (Å²) in [5.41, 5.74) is 4.19. The Morgan fingerprint density at radius 3 is 2.17 bits per heavy atom. The predicted octanol–water partition coefficient (Wildman–Crippen LogP) is 2.85. The van der Waals surface area contributed by atoms with E-state index in [2.05, 4.69) is 0 Å². The number of benzene rings is 2. The van der Waals surface area contributed by atoms with Gasteiger partial charge in [-0.1, -0.05) is 30.3 Å². The lowest BCUT2D eigenvalue weighted by atomic mass is 9.99. The molecule has 92 valence electrons. The summed E-state index contributed by atoms with van der Waals surface area (Å²) < 4.78 is 0. The number of rotatable bonds is 3. The lowest BCUT2D eigenvalue weighted by molar-refractivity contribution is 0.0697. The Labute approximate surface area is 105 Å². The second-order valence-electron chi connectivity index (χ2n) is 4.18. The van der Waals surface area contributed by atoms with Gasteiger partial charge in [-0.25, -0.2) is 4.79 Å². The van der Waals surface area contributed by atoms with E-state index in [1.54, 1.807) is 24.3 Å². The van der Waals surface area contributed by atoms with Crippen molar-refractivity contribution in [1.29, 1.82) is 0 Å². The quantitative estimate of drug-likeness (QED) is 0.870. The molecule has 0 aliphatic heterocycles. The summed E-state index contributed by atoms with van der Waals surface area (Å²) in [4.78, 5) is 10.8. The molecule has 2 aromatic rings. The van der Waals surface area contributed by atoms with Gasteiger partial charge >= 0.3 is 5.97 Å². The van der Waals surface area contributed by atoms with Gasteiger partial charge in [-0.15, -0.1) is 0 Å². The van der Waals surface area contributed by atoms with Crippen molar-refractivity contribution in [2.45, 2.75) is 13.5 Å². The van der Waals surface area contributed by atoms with Crippen molar-refractivity contribution in [3.05, 3.63) is 59.2 Å². The third-order valence-corrected chi connectivity index (χ3v) is 2.98. The first kappa shape index (κ1) is 12.3. The third-order valence-electron chi connectivity index (χ3n) is 2.98. The van der Waals surface area contributed by atoms with E-state index in [0.717, 1.165) is 22.3 Å². The van der Waals surface area contributed by atoms with Crippen LogP contribution in [0.25, 0.3) is 11.1 Å². The number of aromatic carboxylic acids is 1. The molecule has 0 unspecified atom stereocenters. The Kier molecular flexibility index (Phi) is 3.44. The molecule has 0 aliphatic carbocycles. The molecule has 0 aliphatic rings. The minimum atomic E-state index is -0.923. The van der Waals surface area contributed by atoms with Crippen LogP contribution in [-0.2, 0) is 6.61 Å². The van der Waals surface area contributed by atoms with E-state index in [4.69, 9.17) is 10.2 Å². The Hall–Kier alpha value is -2.13. The molecule has 3 heteroatoms. The van der Waals surface area contributed by atoms with Gasteiger partial charge in [0.05, 0.1) is 12.2 Å². The molecule has 2 N–H and O–H groups in total. The lowest BCUT2D eigenvalue weighted by Gasteiger charge is -2.07. The highest BCUT2D eigenvalue weighted by Gasteiger charge is 2.04. The van der Waals surface area contributed by atoms with Crippen molar-refractivity contribution >= 4 is 5.97 Å². The molecule has 0 saturated heterocycles. The van der Waals surface area contributed by atoms with Crippen LogP contribution in [0.4, 0.5) is 0 Å². The zero-order chi connectivity index (χ0) is 13.1. The van der Waals surface area contributed by atoms with Gasteiger partial charge in [-0.05, 0) is 41.3 Å². The summed E-state index contributed by atoms with van der Waals surface area (Å²) in [5, 5.41) is 17.9. The van der Waals surface area contributed by atoms with Crippen LogP contribution in [0, 0.1) is 6.92 Å². The van der Waals surface area contributed by atoms with Crippen LogP contribution < -0.4 is 0 Å². The second-order valence-corrected chi connectivity index (χ2v) is 4.18. The molecule has 0 bridgehead atoms. The zero-order valence-corrected chi connectivity index (χ0v) is 10.1. The number of carbonyl (C=O) groups is 1. The van der Waals surface area contributed by atoms with Gasteiger partial charge < -0.3 is 10.2 Å². The number of aryl methyl sites for hydroxylation is 1. The standard InChI is InChI=1S/C15H14O3/c1-10-8-13(6-7-14(10)9-16)11-2-4-12(5-3-11)15(17)18/h2-8,16H,9H2,1H3,(H,17,18). The summed E-state index contributed by atoms with van der Waals surface area (Å²) in [5.74, 6) is -0.923. The summed E-state index contributed by atoms with van der Waals surface area (Å²) in [6, 6.07) is 12.6. The van der Waals surface area contributed by atoms with Gasteiger partial charge in [0.1, 0.15) is 0 Å². The van der Waals surface area contributed by atoms with Gasteiger partial charge in [0.15, 0.2) is 0 Å². The van der Waals surface area contributed by atoms with E-state index in [1.165, 1.54) is 0 Å². The molecule has 2 aromatic carbocycles. The highest BCUT2D eigenvalue weighted by molar-refractivity contribution is 5.88. The van der Waals surface area contributed by atoms with Crippen LogP contribution in [0.5, 0.6) is 0 Å². The maximum absolute atomic E-state index is 10.8. The molecule has 0 saturated carbocycles. The van der Waals surface area contributed by atoms with Crippen LogP contribution in [0.1, 0.15) is 21.5 Å². The minimum Gasteiger partial charge on any atom is -0.478 e. The predicted molar refractivity (Wildman–Crippen MR) is 69.5 cm³/mol. The Morgan fingerprint density at radius 2 is 1.67 bits per heavy atom. The fourth-order valence-corrected chi connectivity index (χ4v) is 1.86. The Balaban J connectivity index is 2.36. The fourth-order valence-electron chi connectivity index (χ4n) is 1.86. The summed E-state index contributed by atoms with van der Waals surface area (Å²) in [7, 11) is 0. The molecule has 0 amide bonds. The van der Waals surface area contributed by atoms with E-state index < -0.39 is 5.97 Å². The largest absolute Gasteiger partial charge is 0.478 e. The molecular formula is C15H14O3. The number of aliphatic hydroxyl groups is 1. The third kappa shape index (κ3) is 2.41. The second kappa shape index (κ2) is 5.02. The first-order chi connectivity index (χ1) is 8.61. The van der Waals surface area contributed by atoms with Crippen LogP contribution in [0.2, 0.25) is 0 Å². The molecule has 18 heavy (non-hydrogen) atoms. The van der Waals surface area contributed by atoms with E-state index in [1.807, 2.05) is 25.1 Å². The molecule has 3 nitrogen and oxygen atoms in total. The van der Waals surface area contributed by atoms with Crippen molar-refractivity contribution in [2.75, 3.05) is 0 Å². The van der Waals surface area contributed by atoms with Gasteiger partial charge in [0, 0.05) is 0 Å². The van der Waals surface area contributed by atoms with Gasteiger partial charge in [0.25, 0.3) is 0 Å². The van der Waals surface area contributed by atoms with Crippen LogP contribution in [0.3, 0.4) is 0 Å². The molecule has 0 atom stereocenters. The SMILES string of the molecule is Cc1cc(-c2ccc(C(=O)O)cc2)ccc1CO. The molecular weight excluding hydrogens is 228 g/mol. The number of carboxylic acids is 1. The van der Waals surface area contributed by atoms with Gasteiger partial charge in [0.2, 0.25) is 0 Å². The number of aliphatic hydroxyl groups excluding tert-OH is 1. The average molecular weight is 242 g/mol. The first-order valence-electron chi connectivity index (χ1n) is 5.66. The molecule has 0 spiro atoms. The highest BCUT2D eigenvalue weighted by atomic mass is 16.4. The zero-order valence-electron chi connectivity index (χ0n) is 10.1. The monoisotopic (exact) mass is 242 g/mol. The normalized spacial score (nSPS) is 10.3. The molecule has 2 rings (SSSR count). The maximum atomic E-state index is 10.8. The fraction of sp³-hybridized carbons (Fsp3) is 0.133. The van der Waals surface area contributed by atoms with E-state index in [0.29, 0.717) is 0 Å². The van der Waals surface area contributed by atoms with E-state index in [-0.39, 0.29) is 12.2 Å². The first-order valence-corrected chi connectivity index (χ1v) is 5.66. The van der Waals surface area contributed by atoms with Gasteiger partial charge in [-0.3, -0.25) is 0 Å². The van der Waals surface area contributed by atoms with E-state index in [9.17, 15) is 4.79 Å².